The lowest BCUT2D eigenvalue weighted by Crippen LogP contribution is -2.10. The van der Waals surface area contributed by atoms with Gasteiger partial charge in [-0.3, -0.25) is 5.41 Å². The molecule has 1 aromatic carbocycles. The van der Waals surface area contributed by atoms with E-state index in [9.17, 15) is 4.39 Å². The zero-order valence-corrected chi connectivity index (χ0v) is 7.15. The third kappa shape index (κ3) is 1.77. The van der Waals surface area contributed by atoms with E-state index in [1.807, 2.05) is 0 Å². The van der Waals surface area contributed by atoms with E-state index in [0.717, 1.165) is 0 Å². The summed E-state index contributed by atoms with van der Waals surface area (Å²) in [5.74, 6) is -0.416. The van der Waals surface area contributed by atoms with Gasteiger partial charge in [0.15, 0.2) is 0 Å². The Morgan fingerprint density at radius 2 is 2.18 bits per heavy atom. The maximum absolute atomic E-state index is 12.6. The number of benzene rings is 1. The van der Waals surface area contributed by atoms with E-state index in [2.05, 4.69) is 15.9 Å². The molecule has 3 N–H and O–H groups in total. The Morgan fingerprint density at radius 3 is 2.64 bits per heavy atom. The largest absolute Gasteiger partial charge is 0.384 e. The van der Waals surface area contributed by atoms with Gasteiger partial charge in [-0.25, -0.2) is 4.39 Å². The zero-order valence-electron chi connectivity index (χ0n) is 5.57. The number of nitrogens with one attached hydrogen (secondary N) is 1. The Labute approximate surface area is 71.9 Å². The van der Waals surface area contributed by atoms with Crippen LogP contribution in [0.15, 0.2) is 22.7 Å². The zero-order chi connectivity index (χ0) is 8.43. The van der Waals surface area contributed by atoms with Crippen LogP contribution in [0, 0.1) is 11.2 Å². The van der Waals surface area contributed by atoms with Crippen molar-refractivity contribution in [2.45, 2.75) is 0 Å². The molecule has 0 atom stereocenters. The lowest BCUT2D eigenvalue weighted by Gasteiger charge is -1.98. The maximum atomic E-state index is 12.6. The average Bonchev–Trinajstić information content (AvgIpc) is 1.94. The van der Waals surface area contributed by atoms with Gasteiger partial charge in [0, 0.05) is 5.56 Å². The lowest BCUT2D eigenvalue weighted by atomic mass is 10.2. The third-order valence-electron chi connectivity index (χ3n) is 1.23. The van der Waals surface area contributed by atoms with E-state index in [1.165, 1.54) is 18.2 Å². The molecule has 0 radical (unpaired) electrons. The van der Waals surface area contributed by atoms with Gasteiger partial charge in [0.25, 0.3) is 0 Å². The fraction of sp³-hybridized carbons (Fsp3) is 0. The Kier molecular flexibility index (Phi) is 2.24. The molecule has 0 bridgehead atoms. The molecular formula is C7H6BrFN2. The predicted octanol–water partition coefficient (Wildman–Crippen LogP) is 1.87. The molecule has 0 aliphatic rings. The number of amidine groups is 1. The minimum absolute atomic E-state index is 0.0642. The highest BCUT2D eigenvalue weighted by atomic mass is 79.9. The molecule has 0 saturated carbocycles. The smallest absolute Gasteiger partial charge is 0.137 e. The molecule has 0 amide bonds. The van der Waals surface area contributed by atoms with Crippen molar-refractivity contribution in [1.29, 1.82) is 5.41 Å². The number of rotatable bonds is 1. The van der Waals surface area contributed by atoms with Crippen LogP contribution >= 0.6 is 15.9 Å². The minimum Gasteiger partial charge on any atom is -0.384 e. The highest BCUT2D eigenvalue weighted by Gasteiger charge is 2.01. The maximum Gasteiger partial charge on any atom is 0.137 e. The molecule has 0 spiro atoms. The van der Waals surface area contributed by atoms with Crippen molar-refractivity contribution in [3.8, 4) is 0 Å². The molecule has 2 nitrogen and oxygen atoms in total. The first-order chi connectivity index (χ1) is 5.11. The van der Waals surface area contributed by atoms with E-state index >= 15 is 0 Å². The third-order valence-corrected chi connectivity index (χ3v) is 1.84. The Bertz CT molecular complexity index is 298. The Hall–Kier alpha value is -0.900. The van der Waals surface area contributed by atoms with Crippen LogP contribution in [0.25, 0.3) is 0 Å². The number of halogens is 2. The summed E-state index contributed by atoms with van der Waals surface area (Å²) in [6, 6.07) is 4.20. The van der Waals surface area contributed by atoms with Crippen molar-refractivity contribution < 1.29 is 4.39 Å². The molecule has 1 aromatic rings. The van der Waals surface area contributed by atoms with Crippen LogP contribution in [0.5, 0.6) is 0 Å². The average molecular weight is 217 g/mol. The molecule has 4 heteroatoms. The van der Waals surface area contributed by atoms with Crippen molar-refractivity contribution in [2.24, 2.45) is 5.73 Å². The molecule has 1 rings (SSSR count). The normalized spacial score (nSPS) is 9.64. The van der Waals surface area contributed by atoms with E-state index < -0.39 is 0 Å². The molecule has 0 aliphatic heterocycles. The van der Waals surface area contributed by atoms with Gasteiger partial charge >= 0.3 is 0 Å². The van der Waals surface area contributed by atoms with Crippen molar-refractivity contribution in [2.75, 3.05) is 0 Å². The SMILES string of the molecule is N=C(N)c1ccc(F)c(Br)c1. The molecule has 0 aliphatic carbocycles. The standard InChI is InChI=1S/C7H6BrFN2/c8-5-3-4(7(10)11)1-2-6(5)9/h1-3H,(H3,10,11). The number of nitrogens with two attached hydrogens (primary N) is 1. The Morgan fingerprint density at radius 1 is 1.55 bits per heavy atom. The van der Waals surface area contributed by atoms with Gasteiger partial charge in [-0.2, -0.15) is 0 Å². The van der Waals surface area contributed by atoms with Crippen LogP contribution in [0.3, 0.4) is 0 Å². The van der Waals surface area contributed by atoms with Crippen LogP contribution in [-0.4, -0.2) is 5.84 Å². The molecule has 0 saturated heterocycles. The monoisotopic (exact) mass is 216 g/mol. The number of nitrogen functional groups attached to an aromatic ring is 1. The molecule has 0 heterocycles. The van der Waals surface area contributed by atoms with Crippen molar-refractivity contribution in [1.82, 2.24) is 0 Å². The summed E-state index contributed by atoms with van der Waals surface area (Å²) in [5, 5.41) is 7.04. The van der Waals surface area contributed by atoms with Crippen LogP contribution in [0.1, 0.15) is 5.56 Å². The molecular weight excluding hydrogens is 211 g/mol. The first-order valence-corrected chi connectivity index (χ1v) is 3.70. The summed E-state index contributed by atoms with van der Waals surface area (Å²) in [5.41, 5.74) is 5.69. The predicted molar refractivity (Wildman–Crippen MR) is 45.1 cm³/mol. The molecule has 0 unspecified atom stereocenters. The van der Waals surface area contributed by atoms with Gasteiger partial charge < -0.3 is 5.73 Å². The van der Waals surface area contributed by atoms with Gasteiger partial charge in [-0.1, -0.05) is 0 Å². The highest BCUT2D eigenvalue weighted by molar-refractivity contribution is 9.10. The second-order valence-corrected chi connectivity index (χ2v) is 2.90. The van der Waals surface area contributed by atoms with E-state index in [-0.39, 0.29) is 11.7 Å². The Balaban J connectivity index is 3.15. The second kappa shape index (κ2) is 3.00. The first kappa shape index (κ1) is 8.20. The summed E-state index contributed by atoms with van der Waals surface area (Å²) in [4.78, 5) is 0. The van der Waals surface area contributed by atoms with Crippen molar-refractivity contribution in [3.05, 3.63) is 34.1 Å². The highest BCUT2D eigenvalue weighted by Crippen LogP contribution is 2.16. The van der Waals surface area contributed by atoms with E-state index in [1.54, 1.807) is 0 Å². The molecule has 58 valence electrons. The van der Waals surface area contributed by atoms with E-state index in [4.69, 9.17) is 11.1 Å². The lowest BCUT2D eigenvalue weighted by molar-refractivity contribution is 0.621. The summed E-state index contributed by atoms with van der Waals surface area (Å²) in [7, 11) is 0. The molecule has 11 heavy (non-hydrogen) atoms. The summed E-state index contributed by atoms with van der Waals surface area (Å²) >= 11 is 2.99. The van der Waals surface area contributed by atoms with Gasteiger partial charge in [0.05, 0.1) is 4.47 Å². The van der Waals surface area contributed by atoms with Gasteiger partial charge in [-0.05, 0) is 34.1 Å². The van der Waals surface area contributed by atoms with Crippen molar-refractivity contribution >= 4 is 21.8 Å². The summed E-state index contributed by atoms with van der Waals surface area (Å²) in [6.45, 7) is 0. The summed E-state index contributed by atoms with van der Waals surface area (Å²) in [6.07, 6.45) is 0. The number of hydrogen-bond acceptors (Lipinski definition) is 1. The van der Waals surface area contributed by atoms with Gasteiger partial charge in [-0.15, -0.1) is 0 Å². The minimum atomic E-state index is -0.352. The molecule has 0 fully saturated rings. The van der Waals surface area contributed by atoms with Crippen molar-refractivity contribution in [3.63, 3.8) is 0 Å². The first-order valence-electron chi connectivity index (χ1n) is 2.90. The van der Waals surface area contributed by atoms with E-state index in [0.29, 0.717) is 10.0 Å². The molecule has 0 aromatic heterocycles. The quantitative estimate of drug-likeness (QED) is 0.547. The van der Waals surface area contributed by atoms with Gasteiger partial charge in [0.1, 0.15) is 11.7 Å². The fourth-order valence-electron chi connectivity index (χ4n) is 0.664. The van der Waals surface area contributed by atoms with Crippen LogP contribution in [-0.2, 0) is 0 Å². The topological polar surface area (TPSA) is 49.9 Å². The van der Waals surface area contributed by atoms with Crippen LogP contribution in [0.4, 0.5) is 4.39 Å². The summed E-state index contributed by atoms with van der Waals surface area (Å²) < 4.78 is 12.9. The fourth-order valence-corrected chi connectivity index (χ4v) is 1.04. The van der Waals surface area contributed by atoms with Gasteiger partial charge in [0.2, 0.25) is 0 Å². The second-order valence-electron chi connectivity index (χ2n) is 2.04. The van der Waals surface area contributed by atoms with Crippen LogP contribution in [0.2, 0.25) is 0 Å². The number of hydrogen-bond donors (Lipinski definition) is 2. The van der Waals surface area contributed by atoms with Crippen LogP contribution < -0.4 is 5.73 Å².